The molecule has 8 nitrogen and oxygen atoms in total. The maximum Gasteiger partial charge on any atom is 0.169 e. The van der Waals surface area contributed by atoms with Gasteiger partial charge in [0.15, 0.2) is 11.6 Å². The highest BCUT2D eigenvalue weighted by Crippen LogP contribution is 2.36. The molecule has 1 aliphatic rings. The van der Waals surface area contributed by atoms with Gasteiger partial charge in [-0.25, -0.2) is 9.37 Å². The normalized spacial score (nSPS) is 14.3. The number of nitrogens with one attached hydrogen (secondary N) is 2. The van der Waals surface area contributed by atoms with E-state index in [1.165, 1.54) is 30.6 Å². The second-order valence-corrected chi connectivity index (χ2v) is 11.3. The van der Waals surface area contributed by atoms with Crippen molar-refractivity contribution >= 4 is 39.1 Å². The van der Waals surface area contributed by atoms with E-state index in [0.29, 0.717) is 44.1 Å². The predicted octanol–water partition coefficient (Wildman–Crippen LogP) is 6.62. The van der Waals surface area contributed by atoms with Crippen molar-refractivity contribution in [2.45, 2.75) is 32.7 Å². The number of H-pyrrole nitrogens is 2. The Morgan fingerprint density at radius 3 is 2.75 bits per heavy atom. The van der Waals surface area contributed by atoms with Crippen molar-refractivity contribution in [1.29, 1.82) is 0 Å². The average Bonchev–Trinajstić information content (AvgIpc) is 3.72. The fourth-order valence-electron chi connectivity index (χ4n) is 5.45. The number of benzene rings is 1. The fraction of sp³-hybridized carbons (Fsp3) is 0.233. The molecule has 2 N–H and O–H groups in total. The lowest BCUT2D eigenvalue weighted by atomic mass is 10.0. The molecule has 0 unspecified atom stereocenters. The molecule has 1 aliphatic heterocycles. The zero-order chi connectivity index (χ0) is 27.2. The molecular formula is C30H26FN7OS. The van der Waals surface area contributed by atoms with E-state index >= 15 is 4.39 Å². The molecule has 0 spiro atoms. The molecule has 0 amide bonds. The van der Waals surface area contributed by atoms with Gasteiger partial charge in [-0.1, -0.05) is 6.42 Å². The van der Waals surface area contributed by atoms with Crippen molar-refractivity contribution in [3.8, 4) is 33.2 Å². The molecule has 6 heterocycles. The molecule has 200 valence electrons. The van der Waals surface area contributed by atoms with Crippen LogP contribution in [-0.4, -0.2) is 53.9 Å². The number of carbonyl (C=O) groups excluding carboxylic acids is 1. The van der Waals surface area contributed by atoms with E-state index in [2.05, 4.69) is 30.0 Å². The minimum atomic E-state index is -0.374. The molecule has 1 fully saturated rings. The molecule has 0 saturated carbocycles. The summed E-state index contributed by atoms with van der Waals surface area (Å²) in [5.74, 6) is 0.0702. The minimum absolute atomic E-state index is 0.00708. The summed E-state index contributed by atoms with van der Waals surface area (Å²) in [6.45, 7) is 4.53. The number of hydrogen-bond donors (Lipinski definition) is 2. The summed E-state index contributed by atoms with van der Waals surface area (Å²) in [5, 5.41) is 7.76. The number of thiophene rings is 1. The number of aromatic nitrogens is 6. The van der Waals surface area contributed by atoms with Gasteiger partial charge in [0, 0.05) is 36.3 Å². The number of carbonyl (C=O) groups is 1. The van der Waals surface area contributed by atoms with Gasteiger partial charge in [-0.05, 0) is 74.8 Å². The molecule has 0 atom stereocenters. The number of imidazole rings is 1. The second kappa shape index (κ2) is 10.0. The lowest BCUT2D eigenvalue weighted by molar-refractivity contribution is 0.102. The van der Waals surface area contributed by atoms with Crippen LogP contribution in [0.1, 0.15) is 41.4 Å². The summed E-state index contributed by atoms with van der Waals surface area (Å²) in [6.07, 6.45) is 8.98. The van der Waals surface area contributed by atoms with Crippen LogP contribution in [0.5, 0.6) is 0 Å². The number of nitrogens with zero attached hydrogens (tertiary/aromatic N) is 5. The maximum absolute atomic E-state index is 16.2. The number of rotatable bonds is 6. The first-order valence-corrected chi connectivity index (χ1v) is 14.2. The maximum atomic E-state index is 16.2. The van der Waals surface area contributed by atoms with Crippen LogP contribution in [0, 0.1) is 5.82 Å². The van der Waals surface area contributed by atoms with Crippen LogP contribution in [-0.2, 0) is 6.54 Å². The highest BCUT2D eigenvalue weighted by atomic mass is 32.1. The number of piperidine rings is 1. The minimum Gasteiger partial charge on any atom is -0.336 e. The van der Waals surface area contributed by atoms with E-state index in [4.69, 9.17) is 4.98 Å². The Hall–Kier alpha value is -4.28. The largest absolute Gasteiger partial charge is 0.336 e. The van der Waals surface area contributed by atoms with Crippen molar-refractivity contribution < 1.29 is 9.18 Å². The zero-order valence-electron chi connectivity index (χ0n) is 21.9. The van der Waals surface area contributed by atoms with Crippen LogP contribution >= 0.6 is 11.3 Å². The smallest absolute Gasteiger partial charge is 0.169 e. The van der Waals surface area contributed by atoms with Crippen LogP contribution in [0.15, 0.2) is 55.0 Å². The van der Waals surface area contributed by atoms with Gasteiger partial charge in [0.2, 0.25) is 0 Å². The Labute approximate surface area is 233 Å². The second-order valence-electron chi connectivity index (χ2n) is 10.2. The van der Waals surface area contributed by atoms with E-state index in [-0.39, 0.29) is 11.6 Å². The van der Waals surface area contributed by atoms with E-state index in [1.54, 1.807) is 31.5 Å². The van der Waals surface area contributed by atoms with Crippen LogP contribution in [0.4, 0.5) is 4.39 Å². The molecule has 6 aromatic rings. The summed E-state index contributed by atoms with van der Waals surface area (Å²) in [4.78, 5) is 32.8. The Morgan fingerprint density at radius 1 is 1.05 bits per heavy atom. The summed E-state index contributed by atoms with van der Waals surface area (Å²) in [7, 11) is 0. The summed E-state index contributed by atoms with van der Waals surface area (Å²) < 4.78 is 16.2. The molecule has 5 aromatic heterocycles. The number of aromatic amines is 2. The van der Waals surface area contributed by atoms with Crippen molar-refractivity contribution in [3.05, 3.63) is 71.2 Å². The van der Waals surface area contributed by atoms with Gasteiger partial charge in [-0.3, -0.25) is 24.8 Å². The highest BCUT2D eigenvalue weighted by Gasteiger charge is 2.21. The quantitative estimate of drug-likeness (QED) is 0.226. The first-order chi connectivity index (χ1) is 19.5. The van der Waals surface area contributed by atoms with Crippen molar-refractivity contribution in [2.75, 3.05) is 13.1 Å². The number of hydrogen-bond acceptors (Lipinski definition) is 7. The summed E-state index contributed by atoms with van der Waals surface area (Å²) in [5.41, 5.74) is 5.30. The Balaban J connectivity index is 1.28. The van der Waals surface area contributed by atoms with Crippen LogP contribution in [0.3, 0.4) is 0 Å². The first-order valence-electron chi connectivity index (χ1n) is 13.3. The Bertz CT molecular complexity index is 1880. The van der Waals surface area contributed by atoms with Crippen LogP contribution < -0.4 is 0 Å². The van der Waals surface area contributed by atoms with E-state index in [9.17, 15) is 4.79 Å². The summed E-state index contributed by atoms with van der Waals surface area (Å²) >= 11 is 1.38. The van der Waals surface area contributed by atoms with Crippen molar-refractivity contribution in [1.82, 2.24) is 35.0 Å². The fourth-order valence-corrected chi connectivity index (χ4v) is 6.35. The van der Waals surface area contributed by atoms with Gasteiger partial charge >= 0.3 is 0 Å². The lowest BCUT2D eigenvalue weighted by Crippen LogP contribution is -2.29. The zero-order valence-corrected chi connectivity index (χ0v) is 22.7. The Kier molecular flexibility index (Phi) is 6.21. The molecule has 10 heteroatoms. The number of fused-ring (bicyclic) bond motifs is 2. The van der Waals surface area contributed by atoms with Gasteiger partial charge in [0.05, 0.1) is 26.2 Å². The first kappa shape index (κ1) is 24.7. The third-order valence-electron chi connectivity index (χ3n) is 7.44. The number of halogens is 1. The standard InChI is InChI=1S/C30H26FN7OS/c1-17(39)23-7-8-24(40-23)28-27-22(9-10-33-28)34-30(35-27)29-25-21(36-37-29)6-5-20(26(25)31)19-13-18(14-32-15-19)16-38-11-3-2-4-12-38/h5-10,13-15H,2-4,11-12,16H2,1H3,(H,34,35)(H,36,37). The third kappa shape index (κ3) is 4.39. The average molecular weight is 552 g/mol. The third-order valence-corrected chi connectivity index (χ3v) is 8.63. The molecule has 7 rings (SSSR count). The SMILES string of the molecule is CC(=O)c1ccc(-c2nccc3[nH]c(-c4n[nH]c5ccc(-c6cncc(CN7CCCCC7)c6)c(F)c45)nc23)s1. The Morgan fingerprint density at radius 2 is 1.93 bits per heavy atom. The van der Waals surface area contributed by atoms with E-state index < -0.39 is 0 Å². The lowest BCUT2D eigenvalue weighted by Gasteiger charge is -2.26. The molecule has 0 bridgehead atoms. The van der Waals surface area contributed by atoms with E-state index in [1.807, 2.05) is 30.5 Å². The molecule has 0 aliphatic carbocycles. The van der Waals surface area contributed by atoms with Gasteiger partial charge in [0.1, 0.15) is 22.7 Å². The number of Topliss-reactive ketones (excluding diaryl/α,β-unsaturated/α-hetero) is 1. The van der Waals surface area contributed by atoms with Crippen LogP contribution in [0.2, 0.25) is 0 Å². The molecule has 1 saturated heterocycles. The van der Waals surface area contributed by atoms with E-state index in [0.717, 1.165) is 41.2 Å². The molecule has 40 heavy (non-hydrogen) atoms. The van der Waals surface area contributed by atoms with Crippen LogP contribution in [0.25, 0.3) is 55.2 Å². The van der Waals surface area contributed by atoms with Gasteiger partial charge in [-0.15, -0.1) is 11.3 Å². The number of ketones is 1. The monoisotopic (exact) mass is 551 g/mol. The summed E-state index contributed by atoms with van der Waals surface area (Å²) in [6, 6.07) is 11.1. The molecular weight excluding hydrogens is 525 g/mol. The van der Waals surface area contributed by atoms with Gasteiger partial charge in [0.25, 0.3) is 0 Å². The molecule has 0 radical (unpaired) electrons. The van der Waals surface area contributed by atoms with Gasteiger partial charge in [-0.2, -0.15) is 5.10 Å². The van der Waals surface area contributed by atoms with Crippen molar-refractivity contribution in [3.63, 3.8) is 0 Å². The van der Waals surface area contributed by atoms with Gasteiger partial charge < -0.3 is 4.98 Å². The topological polar surface area (TPSA) is 103 Å². The van der Waals surface area contributed by atoms with Crippen molar-refractivity contribution in [2.24, 2.45) is 0 Å². The number of likely N-dealkylation sites (tertiary alicyclic amines) is 1. The molecule has 1 aromatic carbocycles. The number of pyridine rings is 2. The highest BCUT2D eigenvalue weighted by molar-refractivity contribution is 7.17. The predicted molar refractivity (Wildman–Crippen MR) is 155 cm³/mol.